The Balaban J connectivity index is 1.51. The average molecular weight is 323 g/mol. The molecule has 3 nitrogen and oxygen atoms in total. The Bertz CT molecular complexity index is 645. The standard InChI is InChI=1S/C21H25NO2/c1-16(15-22-21(23)24-20-9-5-6-10-20)17-11-13-19(14-12-17)18-7-3-2-4-8-18/h2-4,7-8,11-14,16,20H,5-6,9-10,15H2,1H3,(H,22,23). The Morgan fingerprint density at radius 3 is 2.33 bits per heavy atom. The molecule has 1 aliphatic rings. The molecule has 1 atom stereocenters. The number of carbonyl (C=O) groups excluding carboxylic acids is 1. The van der Waals surface area contributed by atoms with Crippen molar-refractivity contribution in [3.8, 4) is 11.1 Å². The first kappa shape index (κ1) is 16.6. The van der Waals surface area contributed by atoms with Crippen LogP contribution in [0.15, 0.2) is 54.6 Å². The molecule has 2 aromatic rings. The van der Waals surface area contributed by atoms with Crippen molar-refractivity contribution >= 4 is 6.09 Å². The van der Waals surface area contributed by atoms with E-state index in [1.165, 1.54) is 29.5 Å². The van der Waals surface area contributed by atoms with Crippen molar-refractivity contribution in [2.75, 3.05) is 6.54 Å². The summed E-state index contributed by atoms with van der Waals surface area (Å²) >= 11 is 0. The first-order chi connectivity index (χ1) is 11.7. The quantitative estimate of drug-likeness (QED) is 0.828. The average Bonchev–Trinajstić information content (AvgIpc) is 3.13. The highest BCUT2D eigenvalue weighted by Gasteiger charge is 2.19. The second-order valence-corrected chi connectivity index (χ2v) is 6.58. The molecule has 1 aliphatic carbocycles. The second kappa shape index (κ2) is 8.00. The van der Waals surface area contributed by atoms with Gasteiger partial charge in [0, 0.05) is 6.54 Å². The Labute approximate surface area is 144 Å². The van der Waals surface area contributed by atoms with Crippen LogP contribution in [0.25, 0.3) is 11.1 Å². The fraction of sp³-hybridized carbons (Fsp3) is 0.381. The van der Waals surface area contributed by atoms with Crippen molar-refractivity contribution in [2.45, 2.75) is 44.6 Å². The van der Waals surface area contributed by atoms with E-state index in [-0.39, 0.29) is 18.1 Å². The highest BCUT2D eigenvalue weighted by atomic mass is 16.6. The minimum Gasteiger partial charge on any atom is -0.446 e. The largest absolute Gasteiger partial charge is 0.446 e. The zero-order valence-corrected chi connectivity index (χ0v) is 14.2. The van der Waals surface area contributed by atoms with Gasteiger partial charge in [0.2, 0.25) is 0 Å². The van der Waals surface area contributed by atoms with Crippen molar-refractivity contribution in [1.82, 2.24) is 5.32 Å². The number of hydrogen-bond acceptors (Lipinski definition) is 2. The summed E-state index contributed by atoms with van der Waals surface area (Å²) in [4.78, 5) is 11.8. The van der Waals surface area contributed by atoms with E-state index in [0.717, 1.165) is 12.8 Å². The molecule has 0 heterocycles. The topological polar surface area (TPSA) is 38.3 Å². The van der Waals surface area contributed by atoms with Crippen LogP contribution in [0, 0.1) is 0 Å². The lowest BCUT2D eigenvalue weighted by atomic mass is 9.97. The Hall–Kier alpha value is -2.29. The van der Waals surface area contributed by atoms with Crippen molar-refractivity contribution in [2.24, 2.45) is 0 Å². The van der Waals surface area contributed by atoms with E-state index in [2.05, 4.69) is 48.6 Å². The molecule has 0 saturated heterocycles. The van der Waals surface area contributed by atoms with Gasteiger partial charge in [-0.2, -0.15) is 0 Å². The van der Waals surface area contributed by atoms with Gasteiger partial charge in [-0.05, 0) is 48.3 Å². The van der Waals surface area contributed by atoms with Gasteiger partial charge in [-0.3, -0.25) is 0 Å². The Morgan fingerprint density at radius 1 is 1.04 bits per heavy atom. The minimum atomic E-state index is -0.283. The molecule has 0 aliphatic heterocycles. The normalized spacial score (nSPS) is 15.9. The minimum absolute atomic E-state index is 0.116. The zero-order valence-electron chi connectivity index (χ0n) is 14.2. The number of benzene rings is 2. The molecule has 1 fully saturated rings. The van der Waals surface area contributed by atoms with Gasteiger partial charge in [0.15, 0.2) is 0 Å². The highest BCUT2D eigenvalue weighted by Crippen LogP contribution is 2.23. The number of amides is 1. The molecule has 1 amide bonds. The van der Waals surface area contributed by atoms with Crippen LogP contribution in [-0.2, 0) is 4.74 Å². The molecule has 1 N–H and O–H groups in total. The maximum atomic E-state index is 11.8. The summed E-state index contributed by atoms with van der Waals surface area (Å²) in [7, 11) is 0. The van der Waals surface area contributed by atoms with Gasteiger partial charge >= 0.3 is 6.09 Å². The number of alkyl carbamates (subject to hydrolysis) is 1. The Morgan fingerprint density at radius 2 is 1.67 bits per heavy atom. The number of rotatable bonds is 5. The zero-order chi connectivity index (χ0) is 16.8. The highest BCUT2D eigenvalue weighted by molar-refractivity contribution is 5.67. The van der Waals surface area contributed by atoms with E-state index in [1.54, 1.807) is 0 Å². The van der Waals surface area contributed by atoms with Gasteiger partial charge in [-0.15, -0.1) is 0 Å². The van der Waals surface area contributed by atoms with Crippen LogP contribution in [0.3, 0.4) is 0 Å². The van der Waals surface area contributed by atoms with Gasteiger partial charge in [0.05, 0.1) is 0 Å². The van der Waals surface area contributed by atoms with E-state index < -0.39 is 0 Å². The second-order valence-electron chi connectivity index (χ2n) is 6.58. The van der Waals surface area contributed by atoms with Crippen molar-refractivity contribution in [3.05, 3.63) is 60.2 Å². The molecule has 126 valence electrons. The summed E-state index contributed by atoms with van der Waals surface area (Å²) < 4.78 is 5.42. The van der Waals surface area contributed by atoms with E-state index in [1.807, 2.05) is 18.2 Å². The van der Waals surface area contributed by atoms with Crippen LogP contribution in [-0.4, -0.2) is 18.7 Å². The maximum absolute atomic E-state index is 11.8. The molecule has 1 saturated carbocycles. The molecule has 0 bridgehead atoms. The molecule has 1 unspecified atom stereocenters. The summed E-state index contributed by atoms with van der Waals surface area (Å²) in [6, 6.07) is 18.9. The lowest BCUT2D eigenvalue weighted by molar-refractivity contribution is 0.101. The molecule has 0 aromatic heterocycles. The van der Waals surface area contributed by atoms with Crippen molar-refractivity contribution in [1.29, 1.82) is 0 Å². The predicted octanol–water partition coefficient (Wildman–Crippen LogP) is 5.13. The van der Waals surface area contributed by atoms with Gasteiger partial charge in [-0.1, -0.05) is 61.5 Å². The van der Waals surface area contributed by atoms with Gasteiger partial charge in [-0.25, -0.2) is 4.79 Å². The first-order valence-corrected chi connectivity index (χ1v) is 8.82. The maximum Gasteiger partial charge on any atom is 0.407 e. The third-order valence-corrected chi connectivity index (χ3v) is 4.72. The van der Waals surface area contributed by atoms with E-state index in [4.69, 9.17) is 4.74 Å². The fourth-order valence-electron chi connectivity index (χ4n) is 3.19. The molecule has 3 rings (SSSR count). The number of ether oxygens (including phenoxy) is 1. The molecule has 2 aromatic carbocycles. The van der Waals surface area contributed by atoms with E-state index in [9.17, 15) is 4.79 Å². The summed E-state index contributed by atoms with van der Waals surface area (Å²) in [5.41, 5.74) is 3.64. The monoisotopic (exact) mass is 323 g/mol. The fourth-order valence-corrected chi connectivity index (χ4v) is 3.19. The van der Waals surface area contributed by atoms with E-state index in [0.29, 0.717) is 6.54 Å². The number of hydrogen-bond donors (Lipinski definition) is 1. The Kier molecular flexibility index (Phi) is 5.52. The van der Waals surface area contributed by atoms with Crippen LogP contribution in [0.2, 0.25) is 0 Å². The summed E-state index contributed by atoms with van der Waals surface area (Å²) in [6.45, 7) is 2.71. The lowest BCUT2D eigenvalue weighted by Gasteiger charge is -2.16. The SMILES string of the molecule is CC(CNC(=O)OC1CCCC1)c1ccc(-c2ccccc2)cc1. The van der Waals surface area contributed by atoms with Crippen LogP contribution in [0.4, 0.5) is 4.79 Å². The molecule has 24 heavy (non-hydrogen) atoms. The molecule has 0 spiro atoms. The van der Waals surface area contributed by atoms with Crippen molar-refractivity contribution in [3.63, 3.8) is 0 Å². The van der Waals surface area contributed by atoms with Gasteiger partial charge in [0.1, 0.15) is 6.10 Å². The molecular formula is C21H25NO2. The number of nitrogens with one attached hydrogen (secondary N) is 1. The first-order valence-electron chi connectivity index (χ1n) is 8.82. The summed E-state index contributed by atoms with van der Waals surface area (Å²) in [5.74, 6) is 0.256. The molecular weight excluding hydrogens is 298 g/mol. The van der Waals surface area contributed by atoms with Gasteiger partial charge < -0.3 is 10.1 Å². The summed E-state index contributed by atoms with van der Waals surface area (Å²) in [5, 5.41) is 2.89. The van der Waals surface area contributed by atoms with Crippen LogP contribution in [0.1, 0.15) is 44.1 Å². The smallest absolute Gasteiger partial charge is 0.407 e. The third-order valence-electron chi connectivity index (χ3n) is 4.72. The molecule has 3 heteroatoms. The predicted molar refractivity (Wildman–Crippen MR) is 97.0 cm³/mol. The number of carbonyl (C=O) groups is 1. The third kappa shape index (κ3) is 4.38. The summed E-state index contributed by atoms with van der Waals surface area (Å²) in [6.07, 6.45) is 4.18. The van der Waals surface area contributed by atoms with Crippen LogP contribution in [0.5, 0.6) is 0 Å². The van der Waals surface area contributed by atoms with Crippen LogP contribution < -0.4 is 5.32 Å². The van der Waals surface area contributed by atoms with Gasteiger partial charge in [0.25, 0.3) is 0 Å². The molecule has 0 radical (unpaired) electrons. The van der Waals surface area contributed by atoms with Crippen LogP contribution >= 0.6 is 0 Å². The van der Waals surface area contributed by atoms with E-state index >= 15 is 0 Å². The van der Waals surface area contributed by atoms with Crippen molar-refractivity contribution < 1.29 is 9.53 Å². The lowest BCUT2D eigenvalue weighted by Crippen LogP contribution is -2.30.